The average molecular weight is 313 g/mol. The van der Waals surface area contributed by atoms with E-state index in [9.17, 15) is 0 Å². The van der Waals surface area contributed by atoms with Crippen LogP contribution in [0.25, 0.3) is 0 Å². The van der Waals surface area contributed by atoms with Crippen molar-refractivity contribution in [3.63, 3.8) is 0 Å². The third-order valence-corrected chi connectivity index (χ3v) is 3.66. The maximum atomic E-state index is 3.68. The molecule has 18 heavy (non-hydrogen) atoms. The van der Waals surface area contributed by atoms with Crippen molar-refractivity contribution in [3.8, 4) is 0 Å². The van der Waals surface area contributed by atoms with Gasteiger partial charge in [-0.05, 0) is 53.0 Å². The number of unbranched alkanes of at least 4 members (excludes halogenated alkanes) is 1. The Labute approximate surface area is 120 Å². The van der Waals surface area contributed by atoms with E-state index in [1.807, 2.05) is 0 Å². The predicted molar refractivity (Wildman–Crippen MR) is 84.3 cm³/mol. The topological polar surface area (TPSA) is 15.3 Å². The van der Waals surface area contributed by atoms with Gasteiger partial charge >= 0.3 is 0 Å². The zero-order valence-electron chi connectivity index (χ0n) is 11.8. The second kappa shape index (κ2) is 8.54. The molecule has 0 saturated heterocycles. The Hall–Kier alpha value is -0.540. The molecule has 1 aromatic rings. The molecule has 0 aromatic heterocycles. The maximum absolute atomic E-state index is 3.68. The Morgan fingerprint density at radius 1 is 1.22 bits per heavy atom. The molecule has 0 unspecified atom stereocenters. The van der Waals surface area contributed by atoms with E-state index in [1.54, 1.807) is 0 Å². The van der Waals surface area contributed by atoms with Gasteiger partial charge in [0.2, 0.25) is 0 Å². The first-order valence-electron chi connectivity index (χ1n) is 6.89. The van der Waals surface area contributed by atoms with Crippen LogP contribution in [0.1, 0.15) is 38.7 Å². The summed E-state index contributed by atoms with van der Waals surface area (Å²) in [5.41, 5.74) is 2.62. The molecule has 0 fully saturated rings. The second-order valence-corrected chi connectivity index (χ2v) is 5.59. The minimum atomic E-state index is 0.950. The summed E-state index contributed by atoms with van der Waals surface area (Å²) in [6, 6.07) is 6.65. The normalized spacial score (nSPS) is 10.7. The summed E-state index contributed by atoms with van der Waals surface area (Å²) < 4.78 is 1.19. The van der Waals surface area contributed by atoms with Crippen molar-refractivity contribution in [2.45, 2.75) is 39.7 Å². The number of nitrogens with one attached hydrogen (secondary N) is 1. The summed E-state index contributed by atoms with van der Waals surface area (Å²) in [4.78, 5) is 2.32. The zero-order valence-corrected chi connectivity index (χ0v) is 13.4. The SMILES string of the molecule is CCCCN(C)c1ccc(CNCCC)cc1Br. The molecule has 1 N–H and O–H groups in total. The Bertz CT molecular complexity index is 352. The van der Waals surface area contributed by atoms with E-state index < -0.39 is 0 Å². The van der Waals surface area contributed by atoms with Gasteiger partial charge in [-0.15, -0.1) is 0 Å². The van der Waals surface area contributed by atoms with E-state index in [2.05, 4.69) is 65.2 Å². The van der Waals surface area contributed by atoms with Crippen LogP contribution in [0.4, 0.5) is 5.69 Å². The Kier molecular flexibility index (Phi) is 7.36. The first kappa shape index (κ1) is 15.5. The quantitative estimate of drug-likeness (QED) is 0.724. The number of anilines is 1. The molecule has 1 aromatic carbocycles. The average Bonchev–Trinajstić information content (AvgIpc) is 2.36. The van der Waals surface area contributed by atoms with E-state index in [0.29, 0.717) is 0 Å². The van der Waals surface area contributed by atoms with Crippen LogP contribution in [0.5, 0.6) is 0 Å². The third-order valence-electron chi connectivity index (χ3n) is 3.03. The van der Waals surface area contributed by atoms with Crippen molar-refractivity contribution in [2.24, 2.45) is 0 Å². The highest BCUT2D eigenvalue weighted by Gasteiger charge is 2.06. The largest absolute Gasteiger partial charge is 0.374 e. The van der Waals surface area contributed by atoms with Crippen molar-refractivity contribution in [2.75, 3.05) is 25.0 Å². The molecule has 0 heterocycles. The van der Waals surface area contributed by atoms with E-state index in [4.69, 9.17) is 0 Å². The third kappa shape index (κ3) is 4.99. The predicted octanol–water partition coefficient (Wildman–Crippen LogP) is 4.19. The van der Waals surface area contributed by atoms with Crippen LogP contribution in [-0.2, 0) is 6.54 Å². The molecule has 0 atom stereocenters. The van der Waals surface area contributed by atoms with Gasteiger partial charge in [-0.25, -0.2) is 0 Å². The van der Waals surface area contributed by atoms with Crippen molar-refractivity contribution < 1.29 is 0 Å². The lowest BCUT2D eigenvalue weighted by Gasteiger charge is -2.21. The van der Waals surface area contributed by atoms with Crippen LogP contribution in [0.15, 0.2) is 22.7 Å². The summed E-state index contributed by atoms with van der Waals surface area (Å²) in [6.45, 7) is 7.56. The molecule has 2 nitrogen and oxygen atoms in total. The fourth-order valence-electron chi connectivity index (χ4n) is 1.90. The van der Waals surface area contributed by atoms with Gasteiger partial charge in [-0.3, -0.25) is 0 Å². The minimum Gasteiger partial charge on any atom is -0.374 e. The van der Waals surface area contributed by atoms with Crippen molar-refractivity contribution in [1.29, 1.82) is 0 Å². The first-order valence-corrected chi connectivity index (χ1v) is 7.68. The number of halogens is 1. The Morgan fingerprint density at radius 3 is 2.61 bits per heavy atom. The van der Waals surface area contributed by atoms with Crippen molar-refractivity contribution >= 4 is 21.6 Å². The molecule has 0 aliphatic carbocycles. The molecular formula is C15H25BrN2. The monoisotopic (exact) mass is 312 g/mol. The van der Waals surface area contributed by atoms with Crippen molar-refractivity contribution in [1.82, 2.24) is 5.32 Å². The molecule has 0 radical (unpaired) electrons. The first-order chi connectivity index (χ1) is 8.69. The van der Waals surface area contributed by atoms with E-state index in [-0.39, 0.29) is 0 Å². The lowest BCUT2D eigenvalue weighted by molar-refractivity contribution is 0.675. The number of hydrogen-bond donors (Lipinski definition) is 1. The van der Waals surface area contributed by atoms with Gasteiger partial charge in [-0.1, -0.05) is 26.3 Å². The van der Waals surface area contributed by atoms with E-state index >= 15 is 0 Å². The van der Waals surface area contributed by atoms with Gasteiger partial charge < -0.3 is 10.2 Å². The van der Waals surface area contributed by atoms with Gasteiger partial charge in [0.15, 0.2) is 0 Å². The van der Waals surface area contributed by atoms with Crippen LogP contribution in [0, 0.1) is 0 Å². The van der Waals surface area contributed by atoms with E-state index in [1.165, 1.54) is 35.0 Å². The molecule has 0 aliphatic heterocycles. The number of rotatable bonds is 8. The summed E-state index contributed by atoms with van der Waals surface area (Å²) in [5, 5.41) is 3.43. The van der Waals surface area contributed by atoms with E-state index in [0.717, 1.165) is 19.6 Å². The Balaban J connectivity index is 2.61. The highest BCUT2D eigenvalue weighted by Crippen LogP contribution is 2.26. The van der Waals surface area contributed by atoms with Crippen LogP contribution in [0.3, 0.4) is 0 Å². The zero-order chi connectivity index (χ0) is 13.4. The highest BCUT2D eigenvalue weighted by atomic mass is 79.9. The van der Waals surface area contributed by atoms with Crippen LogP contribution < -0.4 is 10.2 Å². The molecule has 3 heteroatoms. The minimum absolute atomic E-state index is 0.950. The molecule has 0 amide bonds. The molecule has 0 bridgehead atoms. The smallest absolute Gasteiger partial charge is 0.0508 e. The maximum Gasteiger partial charge on any atom is 0.0508 e. The summed E-state index contributed by atoms with van der Waals surface area (Å²) >= 11 is 3.68. The van der Waals surface area contributed by atoms with Crippen LogP contribution >= 0.6 is 15.9 Å². The molecule has 0 saturated carbocycles. The van der Waals surface area contributed by atoms with Gasteiger partial charge in [0.1, 0.15) is 0 Å². The van der Waals surface area contributed by atoms with Crippen LogP contribution in [-0.4, -0.2) is 20.1 Å². The van der Waals surface area contributed by atoms with Gasteiger partial charge in [0.25, 0.3) is 0 Å². The van der Waals surface area contributed by atoms with Gasteiger partial charge in [0, 0.05) is 24.6 Å². The molecular weight excluding hydrogens is 288 g/mol. The number of benzene rings is 1. The summed E-state index contributed by atoms with van der Waals surface area (Å²) in [7, 11) is 2.16. The summed E-state index contributed by atoms with van der Waals surface area (Å²) in [5.74, 6) is 0. The molecule has 0 aliphatic rings. The molecule has 102 valence electrons. The molecule has 0 spiro atoms. The highest BCUT2D eigenvalue weighted by molar-refractivity contribution is 9.10. The van der Waals surface area contributed by atoms with Crippen molar-refractivity contribution in [3.05, 3.63) is 28.2 Å². The standard InChI is InChI=1S/C15H25BrN2/c1-4-6-10-18(3)15-8-7-13(11-14(15)16)12-17-9-5-2/h7-8,11,17H,4-6,9-10,12H2,1-3H3. The second-order valence-electron chi connectivity index (χ2n) is 4.74. The number of nitrogens with zero attached hydrogens (tertiary/aromatic N) is 1. The lowest BCUT2D eigenvalue weighted by atomic mass is 10.2. The van der Waals surface area contributed by atoms with Crippen LogP contribution in [0.2, 0.25) is 0 Å². The Morgan fingerprint density at radius 2 is 2.00 bits per heavy atom. The summed E-state index contributed by atoms with van der Waals surface area (Å²) in [6.07, 6.45) is 3.66. The fraction of sp³-hybridized carbons (Fsp3) is 0.600. The fourth-order valence-corrected chi connectivity index (χ4v) is 2.62. The lowest BCUT2D eigenvalue weighted by Crippen LogP contribution is -2.19. The van der Waals surface area contributed by atoms with Gasteiger partial charge in [-0.2, -0.15) is 0 Å². The molecule has 1 rings (SSSR count). The number of hydrogen-bond acceptors (Lipinski definition) is 2. The van der Waals surface area contributed by atoms with Gasteiger partial charge in [0.05, 0.1) is 5.69 Å².